The van der Waals surface area contributed by atoms with Crippen LogP contribution in [0.25, 0.3) is 11.0 Å². The van der Waals surface area contributed by atoms with Crippen molar-refractivity contribution in [3.05, 3.63) is 30.1 Å². The topological polar surface area (TPSA) is 67.2 Å². The number of imidazole rings is 1. The van der Waals surface area contributed by atoms with Gasteiger partial charge in [-0.1, -0.05) is 12.1 Å². The molecule has 2 N–H and O–H groups in total. The van der Waals surface area contributed by atoms with Crippen molar-refractivity contribution in [2.45, 2.75) is 19.3 Å². The summed E-state index contributed by atoms with van der Waals surface area (Å²) < 4.78 is 37.4. The van der Waals surface area contributed by atoms with Gasteiger partial charge in [0.1, 0.15) is 25.5 Å². The predicted octanol–water partition coefficient (Wildman–Crippen LogP) is 1.21. The first-order chi connectivity index (χ1) is 9.40. The summed E-state index contributed by atoms with van der Waals surface area (Å²) in [4.78, 5) is 15.6. The Morgan fingerprint density at radius 3 is 2.70 bits per heavy atom. The second-order valence-electron chi connectivity index (χ2n) is 4.15. The smallest absolute Gasteiger partial charge is 0.388 e. The van der Waals surface area contributed by atoms with Crippen molar-refractivity contribution in [1.29, 1.82) is 0 Å². The highest BCUT2D eigenvalue weighted by Crippen LogP contribution is 2.16. The van der Waals surface area contributed by atoms with Crippen LogP contribution in [0.3, 0.4) is 0 Å². The molecule has 0 unspecified atom stereocenters. The number of halogens is 3. The lowest BCUT2D eigenvalue weighted by molar-refractivity contribution is -0.138. The molecular weight excluding hydrogens is 275 g/mol. The average Bonchev–Trinajstić information content (AvgIpc) is 2.74. The first-order valence-electron chi connectivity index (χ1n) is 5.79. The molecule has 0 aliphatic heterocycles. The lowest BCUT2D eigenvalue weighted by Gasteiger charge is -2.10. The van der Waals surface area contributed by atoms with Crippen LogP contribution < -0.4 is 5.32 Å². The first kappa shape index (κ1) is 14.3. The summed E-state index contributed by atoms with van der Waals surface area (Å²) in [6.45, 7) is -2.11. The van der Waals surface area contributed by atoms with Gasteiger partial charge in [0.2, 0.25) is 5.91 Å². The number of nitrogens with zero attached hydrogens (tertiary/aromatic N) is 2. The molecule has 0 bridgehead atoms. The summed E-state index contributed by atoms with van der Waals surface area (Å²) in [7, 11) is 0. The fourth-order valence-electron chi connectivity index (χ4n) is 1.82. The van der Waals surface area contributed by atoms with E-state index in [1.165, 1.54) is 4.57 Å². The highest BCUT2D eigenvalue weighted by molar-refractivity contribution is 5.81. The van der Waals surface area contributed by atoms with E-state index >= 15 is 0 Å². The van der Waals surface area contributed by atoms with Gasteiger partial charge in [0.25, 0.3) is 0 Å². The van der Waals surface area contributed by atoms with Crippen molar-refractivity contribution < 1.29 is 23.1 Å². The van der Waals surface area contributed by atoms with Crippen LogP contribution >= 0.6 is 0 Å². The number of rotatable bonds is 4. The minimum absolute atomic E-state index is 0.230. The molecule has 0 spiro atoms. The molecule has 1 aromatic heterocycles. The van der Waals surface area contributed by atoms with E-state index in [2.05, 4.69) is 4.98 Å². The van der Waals surface area contributed by atoms with Crippen molar-refractivity contribution in [3.8, 4) is 0 Å². The number of carbonyl (C=O) groups excluding carboxylic acids is 1. The van der Waals surface area contributed by atoms with Gasteiger partial charge in [-0.25, -0.2) is 4.98 Å². The van der Waals surface area contributed by atoms with Gasteiger partial charge in [-0.2, -0.15) is 13.2 Å². The molecule has 1 aromatic carbocycles. The van der Waals surface area contributed by atoms with Crippen molar-refractivity contribution in [3.63, 3.8) is 0 Å². The van der Waals surface area contributed by atoms with E-state index in [-0.39, 0.29) is 12.4 Å². The minimum Gasteiger partial charge on any atom is -0.388 e. The lowest BCUT2D eigenvalue weighted by atomic mass is 10.3. The summed E-state index contributed by atoms with van der Waals surface area (Å²) in [5, 5.41) is 11.0. The first-order valence-corrected chi connectivity index (χ1v) is 5.79. The zero-order chi connectivity index (χ0) is 14.8. The molecule has 2 aromatic rings. The fraction of sp³-hybridized carbons (Fsp3) is 0.333. The second kappa shape index (κ2) is 5.49. The highest BCUT2D eigenvalue weighted by Gasteiger charge is 2.27. The Morgan fingerprint density at radius 2 is 2.05 bits per heavy atom. The van der Waals surface area contributed by atoms with E-state index in [9.17, 15) is 23.1 Å². The summed E-state index contributed by atoms with van der Waals surface area (Å²) >= 11 is 0. The summed E-state index contributed by atoms with van der Waals surface area (Å²) in [5.41, 5.74) is 1.15. The molecule has 0 saturated heterocycles. The lowest BCUT2D eigenvalue weighted by Crippen LogP contribution is -2.36. The SMILES string of the molecule is O=C(Cn1c(CO)nc2ccccc21)NCC(F)(F)F. The number of aromatic nitrogens is 2. The Morgan fingerprint density at radius 1 is 1.35 bits per heavy atom. The van der Waals surface area contributed by atoms with Crippen LogP contribution in [0.2, 0.25) is 0 Å². The number of para-hydroxylation sites is 2. The third kappa shape index (κ3) is 3.27. The normalized spacial score (nSPS) is 11.8. The van der Waals surface area contributed by atoms with E-state index in [0.29, 0.717) is 11.0 Å². The summed E-state index contributed by atoms with van der Waals surface area (Å²) in [6.07, 6.45) is -4.45. The molecule has 8 heteroatoms. The third-order valence-electron chi connectivity index (χ3n) is 2.66. The van der Waals surface area contributed by atoms with Gasteiger partial charge in [0, 0.05) is 0 Å². The molecule has 1 heterocycles. The average molecular weight is 287 g/mol. The molecule has 5 nitrogen and oxygen atoms in total. The third-order valence-corrected chi connectivity index (χ3v) is 2.66. The Kier molecular flexibility index (Phi) is 3.93. The number of hydrogen-bond donors (Lipinski definition) is 2. The Hall–Kier alpha value is -2.09. The fourth-order valence-corrected chi connectivity index (χ4v) is 1.82. The van der Waals surface area contributed by atoms with Gasteiger partial charge in [-0.3, -0.25) is 4.79 Å². The van der Waals surface area contributed by atoms with Crippen molar-refractivity contribution in [1.82, 2.24) is 14.9 Å². The molecule has 1 amide bonds. The second-order valence-corrected chi connectivity index (χ2v) is 4.15. The molecule has 108 valence electrons. The molecule has 0 fully saturated rings. The zero-order valence-corrected chi connectivity index (χ0v) is 10.3. The molecule has 20 heavy (non-hydrogen) atoms. The largest absolute Gasteiger partial charge is 0.405 e. The van der Waals surface area contributed by atoms with Crippen molar-refractivity contribution in [2.75, 3.05) is 6.54 Å². The number of alkyl halides is 3. The molecular formula is C12H12F3N3O2. The molecule has 0 aliphatic rings. The van der Waals surface area contributed by atoms with Gasteiger partial charge in [-0.15, -0.1) is 0 Å². The molecule has 0 saturated carbocycles. The number of aliphatic hydroxyl groups is 1. The Bertz CT molecular complexity index is 622. The number of carbonyl (C=O) groups is 1. The van der Waals surface area contributed by atoms with Crippen LogP contribution in [-0.4, -0.2) is 33.3 Å². The van der Waals surface area contributed by atoms with Crippen LogP contribution in [-0.2, 0) is 17.9 Å². The highest BCUT2D eigenvalue weighted by atomic mass is 19.4. The Labute approximate surface area is 112 Å². The van der Waals surface area contributed by atoms with Crippen LogP contribution in [0.15, 0.2) is 24.3 Å². The van der Waals surface area contributed by atoms with E-state index in [1.54, 1.807) is 29.6 Å². The summed E-state index contributed by atoms with van der Waals surface area (Å²) in [5.74, 6) is -0.562. The maximum atomic E-state index is 12.0. The van der Waals surface area contributed by atoms with Gasteiger partial charge in [-0.05, 0) is 12.1 Å². The number of hydrogen-bond acceptors (Lipinski definition) is 3. The van der Waals surface area contributed by atoms with E-state index in [1.807, 2.05) is 0 Å². The van der Waals surface area contributed by atoms with Crippen LogP contribution in [0.4, 0.5) is 13.2 Å². The van der Waals surface area contributed by atoms with E-state index in [4.69, 9.17) is 0 Å². The molecule has 0 aliphatic carbocycles. The number of benzene rings is 1. The molecule has 0 radical (unpaired) electrons. The molecule has 2 rings (SSSR count). The quantitative estimate of drug-likeness (QED) is 0.888. The number of aliphatic hydroxyl groups excluding tert-OH is 1. The number of nitrogens with one attached hydrogen (secondary N) is 1. The van der Waals surface area contributed by atoms with Crippen molar-refractivity contribution in [2.24, 2.45) is 0 Å². The van der Waals surface area contributed by atoms with Crippen molar-refractivity contribution >= 4 is 16.9 Å². The van der Waals surface area contributed by atoms with Crippen LogP contribution in [0.5, 0.6) is 0 Å². The van der Waals surface area contributed by atoms with E-state index in [0.717, 1.165) is 0 Å². The Balaban J connectivity index is 2.18. The minimum atomic E-state index is -4.45. The maximum absolute atomic E-state index is 12.0. The van der Waals surface area contributed by atoms with E-state index < -0.39 is 25.2 Å². The molecule has 0 atom stereocenters. The number of amides is 1. The van der Waals surface area contributed by atoms with Gasteiger partial charge >= 0.3 is 6.18 Å². The zero-order valence-electron chi connectivity index (χ0n) is 10.3. The maximum Gasteiger partial charge on any atom is 0.405 e. The van der Waals surface area contributed by atoms with Crippen LogP contribution in [0.1, 0.15) is 5.82 Å². The van der Waals surface area contributed by atoms with Gasteiger partial charge in [0.15, 0.2) is 0 Å². The standard InChI is InChI=1S/C12H12F3N3O2/c13-12(14,15)7-16-11(20)5-18-9-4-2-1-3-8(9)17-10(18)6-19/h1-4,19H,5-7H2,(H,16,20). The number of fused-ring (bicyclic) bond motifs is 1. The van der Waals surface area contributed by atoms with Gasteiger partial charge in [0.05, 0.1) is 11.0 Å². The predicted molar refractivity (Wildman–Crippen MR) is 64.7 cm³/mol. The summed E-state index contributed by atoms with van der Waals surface area (Å²) in [6, 6.07) is 6.83. The van der Waals surface area contributed by atoms with Crippen LogP contribution in [0, 0.1) is 0 Å². The monoisotopic (exact) mass is 287 g/mol. The van der Waals surface area contributed by atoms with Gasteiger partial charge < -0.3 is 15.0 Å².